The second-order valence-electron chi connectivity index (χ2n) is 6.10. The van der Waals surface area contributed by atoms with E-state index in [-0.39, 0.29) is 12.5 Å². The van der Waals surface area contributed by atoms with E-state index in [2.05, 4.69) is 15.1 Å². The van der Waals surface area contributed by atoms with Crippen molar-refractivity contribution in [1.82, 2.24) is 15.1 Å². The smallest absolute Gasteiger partial charge is 0.260 e. The second-order valence-corrected chi connectivity index (χ2v) is 8.85. The molecular weight excluding hydrogens is 439 g/mol. The van der Waals surface area contributed by atoms with Gasteiger partial charge in [-0.05, 0) is 23.6 Å². The van der Waals surface area contributed by atoms with Crippen LogP contribution in [0.2, 0.25) is 10.0 Å². The van der Waals surface area contributed by atoms with Crippen LogP contribution in [-0.4, -0.2) is 53.8 Å². The number of carbonyl (C=O) groups excluding carboxylic acids is 1. The van der Waals surface area contributed by atoms with Gasteiger partial charge in [0.15, 0.2) is 11.6 Å². The van der Waals surface area contributed by atoms with Crippen LogP contribution in [0.4, 0.5) is 5.13 Å². The van der Waals surface area contributed by atoms with Crippen molar-refractivity contribution >= 4 is 56.9 Å². The highest BCUT2D eigenvalue weighted by molar-refractivity contribution is 7.22. The molecule has 1 aliphatic rings. The summed E-state index contributed by atoms with van der Waals surface area (Å²) in [6.07, 6.45) is 0. The molecule has 0 spiro atoms. The van der Waals surface area contributed by atoms with E-state index in [4.69, 9.17) is 27.9 Å². The maximum atomic E-state index is 12.5. The van der Waals surface area contributed by atoms with Crippen LogP contribution < -0.4 is 9.64 Å². The molecule has 1 saturated heterocycles. The van der Waals surface area contributed by atoms with Gasteiger partial charge >= 0.3 is 0 Å². The lowest BCUT2D eigenvalue weighted by molar-refractivity contribution is -0.133. The van der Waals surface area contributed by atoms with E-state index in [1.165, 1.54) is 0 Å². The fourth-order valence-electron chi connectivity index (χ4n) is 2.81. The molecule has 3 heterocycles. The zero-order valence-corrected chi connectivity index (χ0v) is 17.8. The molecule has 1 amide bonds. The first-order chi connectivity index (χ1) is 13.6. The average Bonchev–Trinajstić information content (AvgIpc) is 3.40. The number of thiophene rings is 1. The molecule has 0 atom stereocenters. The number of anilines is 1. The Kier molecular flexibility index (Phi) is 6.01. The summed E-state index contributed by atoms with van der Waals surface area (Å²) in [7, 11) is 0. The van der Waals surface area contributed by atoms with E-state index in [0.717, 1.165) is 15.0 Å². The Morgan fingerprint density at radius 3 is 2.71 bits per heavy atom. The number of hydrogen-bond donors (Lipinski definition) is 0. The normalized spacial score (nSPS) is 14.4. The van der Waals surface area contributed by atoms with Crippen LogP contribution >= 0.6 is 45.9 Å². The first kappa shape index (κ1) is 19.4. The number of halogens is 2. The lowest BCUT2D eigenvalue weighted by atomic mass is 10.3. The summed E-state index contributed by atoms with van der Waals surface area (Å²) in [5.41, 5.74) is 0. The molecule has 6 nitrogen and oxygen atoms in total. The third-order valence-corrected chi connectivity index (χ3v) is 6.86. The van der Waals surface area contributed by atoms with E-state index >= 15 is 0 Å². The Morgan fingerprint density at radius 1 is 1.14 bits per heavy atom. The molecule has 0 saturated carbocycles. The Labute approximate surface area is 180 Å². The van der Waals surface area contributed by atoms with Gasteiger partial charge in [0.05, 0.1) is 9.90 Å². The second kappa shape index (κ2) is 8.65. The SMILES string of the molecule is O=C(COc1cc(Cl)ccc1Cl)N1CCN(c2nnc(-c3cccs3)s2)CC1. The Balaban J connectivity index is 1.30. The standard InChI is InChI=1S/C18H16Cl2N4O2S2/c19-12-3-4-13(20)14(10-12)26-11-16(25)23-5-7-24(8-6-23)18-22-21-17(28-18)15-2-1-9-27-15/h1-4,9-10H,5-8,11H2. The number of piperazine rings is 1. The molecule has 28 heavy (non-hydrogen) atoms. The van der Waals surface area contributed by atoms with Gasteiger partial charge in [0.25, 0.3) is 5.91 Å². The van der Waals surface area contributed by atoms with Crippen LogP contribution in [0.25, 0.3) is 9.88 Å². The van der Waals surface area contributed by atoms with Crippen molar-refractivity contribution in [2.75, 3.05) is 37.7 Å². The summed E-state index contributed by atoms with van der Waals surface area (Å²) >= 11 is 15.2. The van der Waals surface area contributed by atoms with Crippen molar-refractivity contribution in [3.63, 3.8) is 0 Å². The molecule has 0 bridgehead atoms. The number of hydrogen-bond acceptors (Lipinski definition) is 7. The quantitative estimate of drug-likeness (QED) is 0.574. The van der Waals surface area contributed by atoms with Gasteiger partial charge in [0, 0.05) is 37.3 Å². The van der Waals surface area contributed by atoms with E-state index in [0.29, 0.717) is 42.0 Å². The number of rotatable bonds is 5. The number of aromatic nitrogens is 2. The minimum atomic E-state index is -0.0766. The van der Waals surface area contributed by atoms with Crippen LogP contribution in [0.3, 0.4) is 0 Å². The fraction of sp³-hybridized carbons (Fsp3) is 0.278. The van der Waals surface area contributed by atoms with Crippen LogP contribution in [0.15, 0.2) is 35.7 Å². The third-order valence-electron chi connectivity index (χ3n) is 4.29. The van der Waals surface area contributed by atoms with Gasteiger partial charge in [-0.1, -0.05) is 40.6 Å². The van der Waals surface area contributed by atoms with Crippen LogP contribution in [0, 0.1) is 0 Å². The summed E-state index contributed by atoms with van der Waals surface area (Å²) in [6.45, 7) is 2.58. The van der Waals surface area contributed by atoms with Crippen LogP contribution in [0.5, 0.6) is 5.75 Å². The van der Waals surface area contributed by atoms with Crippen LogP contribution in [0.1, 0.15) is 0 Å². The van der Waals surface area contributed by atoms with E-state index in [1.54, 1.807) is 45.8 Å². The molecule has 0 N–H and O–H groups in total. The molecule has 0 aliphatic carbocycles. The monoisotopic (exact) mass is 454 g/mol. The summed E-state index contributed by atoms with van der Waals surface area (Å²) in [5, 5.41) is 13.4. The highest BCUT2D eigenvalue weighted by Gasteiger charge is 2.24. The predicted octanol–water partition coefficient (Wildman–Crippen LogP) is 4.30. The molecule has 1 aliphatic heterocycles. The lowest BCUT2D eigenvalue weighted by Crippen LogP contribution is -2.50. The molecule has 4 rings (SSSR count). The van der Waals surface area contributed by atoms with E-state index < -0.39 is 0 Å². The van der Waals surface area contributed by atoms with Crippen LogP contribution in [-0.2, 0) is 4.79 Å². The van der Waals surface area contributed by atoms with Gasteiger partial charge in [-0.3, -0.25) is 4.79 Å². The van der Waals surface area contributed by atoms with E-state index in [1.807, 2.05) is 17.5 Å². The molecule has 0 radical (unpaired) electrons. The fourth-order valence-corrected chi connectivity index (χ4v) is 4.83. The van der Waals surface area contributed by atoms with Gasteiger partial charge in [-0.25, -0.2) is 0 Å². The average molecular weight is 455 g/mol. The molecular formula is C18H16Cl2N4O2S2. The topological polar surface area (TPSA) is 58.6 Å². The molecule has 1 aromatic carbocycles. The number of benzene rings is 1. The van der Waals surface area contributed by atoms with Crippen molar-refractivity contribution in [3.8, 4) is 15.6 Å². The lowest BCUT2D eigenvalue weighted by Gasteiger charge is -2.34. The molecule has 0 unspecified atom stereocenters. The maximum Gasteiger partial charge on any atom is 0.260 e. The summed E-state index contributed by atoms with van der Waals surface area (Å²) in [4.78, 5) is 17.5. The third kappa shape index (κ3) is 4.41. The van der Waals surface area contributed by atoms with Crippen molar-refractivity contribution in [3.05, 3.63) is 45.8 Å². The molecule has 2 aromatic heterocycles. The molecule has 3 aromatic rings. The molecule has 1 fully saturated rings. The largest absolute Gasteiger partial charge is 0.482 e. The first-order valence-electron chi connectivity index (χ1n) is 8.58. The summed E-state index contributed by atoms with van der Waals surface area (Å²) < 4.78 is 5.55. The van der Waals surface area contributed by atoms with Gasteiger partial charge < -0.3 is 14.5 Å². The van der Waals surface area contributed by atoms with Crippen molar-refractivity contribution in [2.24, 2.45) is 0 Å². The van der Waals surface area contributed by atoms with Gasteiger partial charge in [0.1, 0.15) is 5.75 Å². The Bertz CT molecular complexity index is 956. The maximum absolute atomic E-state index is 12.5. The van der Waals surface area contributed by atoms with Gasteiger partial charge in [-0.2, -0.15) is 0 Å². The van der Waals surface area contributed by atoms with Gasteiger partial charge in [-0.15, -0.1) is 21.5 Å². The van der Waals surface area contributed by atoms with Gasteiger partial charge in [0.2, 0.25) is 5.13 Å². The van der Waals surface area contributed by atoms with Crippen molar-refractivity contribution < 1.29 is 9.53 Å². The predicted molar refractivity (Wildman–Crippen MR) is 114 cm³/mol. The highest BCUT2D eigenvalue weighted by atomic mass is 35.5. The Morgan fingerprint density at radius 2 is 1.96 bits per heavy atom. The summed E-state index contributed by atoms with van der Waals surface area (Å²) in [6, 6.07) is 8.97. The minimum absolute atomic E-state index is 0.0681. The zero-order valence-electron chi connectivity index (χ0n) is 14.7. The first-order valence-corrected chi connectivity index (χ1v) is 11.0. The van der Waals surface area contributed by atoms with E-state index in [9.17, 15) is 4.79 Å². The van der Waals surface area contributed by atoms with Crippen molar-refractivity contribution in [2.45, 2.75) is 0 Å². The highest BCUT2D eigenvalue weighted by Crippen LogP contribution is 2.32. The number of amides is 1. The minimum Gasteiger partial charge on any atom is -0.482 e. The molecule has 146 valence electrons. The van der Waals surface area contributed by atoms with Crippen molar-refractivity contribution in [1.29, 1.82) is 0 Å². The number of carbonyl (C=O) groups is 1. The molecule has 10 heteroatoms. The summed E-state index contributed by atoms with van der Waals surface area (Å²) in [5.74, 6) is 0.336. The number of nitrogens with zero attached hydrogens (tertiary/aromatic N) is 4. The Hall–Kier alpha value is -1.87. The number of ether oxygens (including phenoxy) is 1. The zero-order chi connectivity index (χ0) is 19.5.